The molecule has 0 atom stereocenters. The van der Waals surface area contributed by atoms with Gasteiger partial charge < -0.3 is 20.4 Å². The number of rotatable bonds is 6. The topological polar surface area (TPSA) is 85.8 Å². The van der Waals surface area contributed by atoms with Crippen LogP contribution in [0.2, 0.25) is 0 Å². The van der Waals surface area contributed by atoms with Crippen LogP contribution >= 0.6 is 24.0 Å². The quantitative estimate of drug-likeness (QED) is 0.327. The summed E-state index contributed by atoms with van der Waals surface area (Å²) in [5.41, 5.74) is 1.93. The molecule has 2 fully saturated rings. The van der Waals surface area contributed by atoms with E-state index in [0.29, 0.717) is 6.54 Å². The molecule has 2 aromatic rings. The van der Waals surface area contributed by atoms with Crippen molar-refractivity contribution in [2.75, 3.05) is 42.9 Å². The highest BCUT2D eigenvalue weighted by molar-refractivity contribution is 14.0. The number of benzene rings is 1. The largest absolute Gasteiger partial charge is 0.357 e. The van der Waals surface area contributed by atoms with Gasteiger partial charge in [-0.2, -0.15) is 0 Å². The van der Waals surface area contributed by atoms with Gasteiger partial charge in [0.1, 0.15) is 0 Å². The first-order chi connectivity index (χ1) is 15.2. The second kappa shape index (κ2) is 12.0. The van der Waals surface area contributed by atoms with E-state index in [-0.39, 0.29) is 35.8 Å². The number of carbonyl (C=O) groups is 1. The number of anilines is 2. The number of hydrogen-bond donors (Lipinski definition) is 2. The zero-order valence-electron chi connectivity index (χ0n) is 18.5. The Kier molecular flexibility index (Phi) is 9.07. The SMILES string of the molecule is CCNC(=NCc1cccc(NC(=O)C2CCC2)c1)N1CCN(c2ncccn2)CC1.I. The smallest absolute Gasteiger partial charge is 0.227 e. The summed E-state index contributed by atoms with van der Waals surface area (Å²) in [7, 11) is 0. The van der Waals surface area contributed by atoms with Crippen LogP contribution in [-0.2, 0) is 11.3 Å². The molecule has 1 aromatic heterocycles. The third-order valence-electron chi connectivity index (χ3n) is 5.83. The van der Waals surface area contributed by atoms with Gasteiger partial charge in [-0.15, -0.1) is 24.0 Å². The van der Waals surface area contributed by atoms with Crippen LogP contribution in [0.4, 0.5) is 11.6 Å². The number of amides is 1. The van der Waals surface area contributed by atoms with Crippen LogP contribution < -0.4 is 15.5 Å². The molecular weight excluding hydrogens is 517 g/mol. The molecule has 2 heterocycles. The lowest BCUT2D eigenvalue weighted by molar-refractivity contribution is -0.122. The minimum Gasteiger partial charge on any atom is -0.357 e. The number of carbonyl (C=O) groups excluding carboxylic acids is 1. The van der Waals surface area contributed by atoms with Gasteiger partial charge in [-0.1, -0.05) is 18.6 Å². The zero-order chi connectivity index (χ0) is 21.5. The minimum atomic E-state index is 0. The van der Waals surface area contributed by atoms with Gasteiger partial charge in [0.25, 0.3) is 0 Å². The monoisotopic (exact) mass is 549 g/mol. The fourth-order valence-corrected chi connectivity index (χ4v) is 3.83. The van der Waals surface area contributed by atoms with Gasteiger partial charge >= 0.3 is 0 Å². The number of hydrogen-bond acceptors (Lipinski definition) is 5. The Hall–Kier alpha value is -2.43. The Balaban J connectivity index is 0.00000289. The number of guanidine groups is 1. The van der Waals surface area contributed by atoms with Crippen molar-refractivity contribution in [1.82, 2.24) is 20.2 Å². The van der Waals surface area contributed by atoms with Gasteiger partial charge in [0.15, 0.2) is 5.96 Å². The summed E-state index contributed by atoms with van der Waals surface area (Å²) >= 11 is 0. The summed E-state index contributed by atoms with van der Waals surface area (Å²) in [6, 6.07) is 9.83. The van der Waals surface area contributed by atoms with Crippen LogP contribution in [0.1, 0.15) is 31.7 Å². The molecule has 1 saturated heterocycles. The van der Waals surface area contributed by atoms with Crippen molar-refractivity contribution >= 4 is 47.5 Å². The fraction of sp³-hybridized carbons (Fsp3) is 0.478. The van der Waals surface area contributed by atoms with Gasteiger partial charge in [0.05, 0.1) is 6.54 Å². The molecular formula is C23H32IN7O. The van der Waals surface area contributed by atoms with E-state index < -0.39 is 0 Å². The van der Waals surface area contributed by atoms with Gasteiger partial charge in [-0.25, -0.2) is 15.0 Å². The van der Waals surface area contributed by atoms with Crippen molar-refractivity contribution in [3.63, 3.8) is 0 Å². The highest BCUT2D eigenvalue weighted by atomic mass is 127. The van der Waals surface area contributed by atoms with Crippen LogP contribution in [0, 0.1) is 5.92 Å². The molecule has 1 amide bonds. The number of nitrogens with one attached hydrogen (secondary N) is 2. The Bertz CT molecular complexity index is 896. The normalized spacial score (nSPS) is 16.7. The van der Waals surface area contributed by atoms with Crippen LogP contribution in [0.5, 0.6) is 0 Å². The average Bonchev–Trinajstić information content (AvgIpc) is 2.76. The van der Waals surface area contributed by atoms with Crippen LogP contribution in [0.25, 0.3) is 0 Å². The third-order valence-corrected chi connectivity index (χ3v) is 5.83. The maximum atomic E-state index is 12.2. The first-order valence-corrected chi connectivity index (χ1v) is 11.2. The van der Waals surface area contributed by atoms with E-state index in [1.807, 2.05) is 24.3 Å². The fourth-order valence-electron chi connectivity index (χ4n) is 3.83. The number of piperazine rings is 1. The van der Waals surface area contributed by atoms with Gasteiger partial charge in [0, 0.05) is 56.7 Å². The van der Waals surface area contributed by atoms with Crippen LogP contribution in [0.3, 0.4) is 0 Å². The van der Waals surface area contributed by atoms with Gasteiger partial charge in [-0.3, -0.25) is 4.79 Å². The Labute approximate surface area is 206 Å². The number of aromatic nitrogens is 2. The van der Waals surface area contributed by atoms with Crippen molar-refractivity contribution in [2.45, 2.75) is 32.7 Å². The molecule has 1 aliphatic carbocycles. The van der Waals surface area contributed by atoms with Crippen LogP contribution in [-0.4, -0.2) is 59.5 Å². The van der Waals surface area contributed by atoms with E-state index >= 15 is 0 Å². The molecule has 1 aliphatic heterocycles. The highest BCUT2D eigenvalue weighted by Gasteiger charge is 2.25. The molecule has 8 nitrogen and oxygen atoms in total. The zero-order valence-corrected chi connectivity index (χ0v) is 20.9. The van der Waals surface area contributed by atoms with Crippen molar-refractivity contribution in [3.05, 3.63) is 48.3 Å². The first kappa shape index (κ1) is 24.2. The second-order valence-electron chi connectivity index (χ2n) is 8.01. The predicted octanol–water partition coefficient (Wildman–Crippen LogP) is 3.12. The molecule has 4 rings (SSSR count). The van der Waals surface area contributed by atoms with Crippen molar-refractivity contribution in [1.29, 1.82) is 0 Å². The molecule has 1 saturated carbocycles. The maximum absolute atomic E-state index is 12.2. The summed E-state index contributed by atoms with van der Waals surface area (Å²) < 4.78 is 0. The Morgan fingerprint density at radius 3 is 2.53 bits per heavy atom. The molecule has 0 unspecified atom stereocenters. The van der Waals surface area contributed by atoms with Crippen molar-refractivity contribution < 1.29 is 4.79 Å². The molecule has 0 bridgehead atoms. The summed E-state index contributed by atoms with van der Waals surface area (Å²) in [4.78, 5) is 30.3. The molecule has 172 valence electrons. The van der Waals surface area contributed by atoms with E-state index in [4.69, 9.17) is 4.99 Å². The van der Waals surface area contributed by atoms with E-state index in [2.05, 4.69) is 43.4 Å². The highest BCUT2D eigenvalue weighted by Crippen LogP contribution is 2.27. The lowest BCUT2D eigenvalue weighted by atomic mass is 9.85. The third kappa shape index (κ3) is 6.30. The maximum Gasteiger partial charge on any atom is 0.227 e. The molecule has 0 radical (unpaired) electrons. The molecule has 32 heavy (non-hydrogen) atoms. The standard InChI is InChI=1S/C23H31N7O.HI/c1-2-24-22(29-12-14-30(15-13-29)23-25-10-5-11-26-23)27-17-18-6-3-9-20(16-18)28-21(31)19-7-4-8-19;/h3,5-6,9-11,16,19H,2,4,7-8,12-15,17H2,1H3,(H,24,27)(H,28,31);1H. The molecule has 1 aromatic carbocycles. The molecule has 2 N–H and O–H groups in total. The van der Waals surface area contributed by atoms with E-state index in [9.17, 15) is 4.79 Å². The number of halogens is 1. The Morgan fingerprint density at radius 2 is 1.88 bits per heavy atom. The summed E-state index contributed by atoms with van der Waals surface area (Å²) in [5, 5.41) is 6.46. The van der Waals surface area contributed by atoms with Crippen molar-refractivity contribution in [2.24, 2.45) is 10.9 Å². The molecule has 2 aliphatic rings. The average molecular weight is 549 g/mol. The molecule has 9 heteroatoms. The lowest BCUT2D eigenvalue weighted by Crippen LogP contribution is -2.52. The van der Waals surface area contributed by atoms with Gasteiger partial charge in [-0.05, 0) is 43.5 Å². The predicted molar refractivity (Wildman–Crippen MR) is 138 cm³/mol. The minimum absolute atomic E-state index is 0. The van der Waals surface area contributed by atoms with Crippen molar-refractivity contribution in [3.8, 4) is 0 Å². The summed E-state index contributed by atoms with van der Waals surface area (Å²) in [5.74, 6) is 2.02. The lowest BCUT2D eigenvalue weighted by Gasteiger charge is -2.36. The number of nitrogens with zero attached hydrogens (tertiary/aromatic N) is 5. The summed E-state index contributed by atoms with van der Waals surface area (Å²) in [6.07, 6.45) is 6.73. The van der Waals surface area contributed by atoms with E-state index in [0.717, 1.165) is 75.1 Å². The van der Waals surface area contributed by atoms with Crippen LogP contribution in [0.15, 0.2) is 47.7 Å². The molecule has 0 spiro atoms. The first-order valence-electron chi connectivity index (χ1n) is 11.2. The van der Waals surface area contributed by atoms with E-state index in [1.165, 1.54) is 0 Å². The van der Waals surface area contributed by atoms with Gasteiger partial charge in [0.2, 0.25) is 11.9 Å². The second-order valence-corrected chi connectivity index (χ2v) is 8.01. The van der Waals surface area contributed by atoms with E-state index in [1.54, 1.807) is 12.4 Å². The summed E-state index contributed by atoms with van der Waals surface area (Å²) in [6.45, 7) is 6.91. The Morgan fingerprint density at radius 1 is 1.12 bits per heavy atom. The number of aliphatic imine (C=N–C) groups is 1.